The molecule has 2 fully saturated rings. The van der Waals surface area contributed by atoms with Gasteiger partial charge in [0.25, 0.3) is 0 Å². The summed E-state index contributed by atoms with van der Waals surface area (Å²) in [7, 11) is 0. The third-order valence-electron chi connectivity index (χ3n) is 4.40. The van der Waals surface area contributed by atoms with E-state index in [0.29, 0.717) is 18.5 Å². The van der Waals surface area contributed by atoms with E-state index in [1.165, 1.54) is 12.1 Å². The molecule has 120 valence electrons. The van der Waals surface area contributed by atoms with Crippen molar-refractivity contribution in [3.63, 3.8) is 0 Å². The van der Waals surface area contributed by atoms with Gasteiger partial charge in [-0.2, -0.15) is 0 Å². The molecule has 0 unspecified atom stereocenters. The first-order chi connectivity index (χ1) is 10.5. The van der Waals surface area contributed by atoms with Crippen molar-refractivity contribution in [2.45, 2.75) is 50.2 Å². The van der Waals surface area contributed by atoms with Gasteiger partial charge >= 0.3 is 6.03 Å². The number of aliphatic hydroxyl groups is 1. The average Bonchev–Trinajstić information content (AvgIpc) is 2.40. The molecule has 22 heavy (non-hydrogen) atoms. The van der Waals surface area contributed by atoms with Gasteiger partial charge in [0.1, 0.15) is 0 Å². The Labute approximate surface area is 128 Å². The van der Waals surface area contributed by atoms with Crippen LogP contribution in [0.2, 0.25) is 0 Å². The van der Waals surface area contributed by atoms with Crippen LogP contribution in [-0.4, -0.2) is 29.4 Å². The number of anilines is 1. The third-order valence-corrected chi connectivity index (χ3v) is 4.40. The van der Waals surface area contributed by atoms with Gasteiger partial charge in [-0.05, 0) is 50.7 Å². The lowest BCUT2D eigenvalue weighted by Gasteiger charge is -2.36. The minimum atomic E-state index is -0.775. The van der Waals surface area contributed by atoms with Crippen molar-refractivity contribution in [3.8, 4) is 5.75 Å². The van der Waals surface area contributed by atoms with Crippen LogP contribution in [-0.2, 0) is 0 Å². The topological polar surface area (TPSA) is 70.6 Å². The Morgan fingerprint density at radius 1 is 1.36 bits per heavy atom. The Morgan fingerprint density at radius 2 is 2.14 bits per heavy atom. The SMILES string of the molecule is O=C(NCC1(O)CCC1)Nc1ccc(OC2CCC2)c(F)c1. The lowest BCUT2D eigenvalue weighted by Crippen LogP contribution is -2.48. The summed E-state index contributed by atoms with van der Waals surface area (Å²) in [6.07, 6.45) is 5.55. The second-order valence-electron chi connectivity index (χ2n) is 6.20. The number of ether oxygens (including phenoxy) is 1. The lowest BCUT2D eigenvalue weighted by atomic mass is 9.80. The summed E-state index contributed by atoms with van der Waals surface area (Å²) in [5, 5.41) is 15.1. The summed E-state index contributed by atoms with van der Waals surface area (Å²) in [6.45, 7) is 0.212. The molecule has 2 saturated carbocycles. The maximum atomic E-state index is 13.9. The molecule has 0 bridgehead atoms. The number of rotatable bonds is 5. The van der Waals surface area contributed by atoms with E-state index in [1.807, 2.05) is 0 Å². The lowest BCUT2D eigenvalue weighted by molar-refractivity contribution is -0.0287. The molecule has 0 saturated heterocycles. The van der Waals surface area contributed by atoms with E-state index in [0.717, 1.165) is 25.7 Å². The van der Waals surface area contributed by atoms with E-state index in [4.69, 9.17) is 4.74 Å². The second-order valence-corrected chi connectivity index (χ2v) is 6.20. The van der Waals surface area contributed by atoms with Crippen LogP contribution in [0, 0.1) is 5.82 Å². The van der Waals surface area contributed by atoms with Crippen LogP contribution in [0.25, 0.3) is 0 Å². The van der Waals surface area contributed by atoms with Crippen LogP contribution in [0.4, 0.5) is 14.9 Å². The van der Waals surface area contributed by atoms with Gasteiger partial charge in [-0.3, -0.25) is 0 Å². The number of hydrogen-bond acceptors (Lipinski definition) is 3. The highest BCUT2D eigenvalue weighted by molar-refractivity contribution is 5.89. The van der Waals surface area contributed by atoms with Gasteiger partial charge in [-0.25, -0.2) is 9.18 Å². The molecular weight excluding hydrogens is 287 g/mol. The van der Waals surface area contributed by atoms with Crippen LogP contribution >= 0.6 is 0 Å². The molecule has 2 aliphatic carbocycles. The first-order valence-electron chi connectivity index (χ1n) is 7.78. The maximum Gasteiger partial charge on any atom is 0.319 e. The normalized spacial score (nSPS) is 19.7. The zero-order valence-corrected chi connectivity index (χ0v) is 12.4. The molecule has 3 N–H and O–H groups in total. The molecule has 0 radical (unpaired) electrons. The number of amides is 2. The summed E-state index contributed by atoms with van der Waals surface area (Å²) in [6, 6.07) is 3.93. The summed E-state index contributed by atoms with van der Waals surface area (Å²) < 4.78 is 19.4. The zero-order valence-electron chi connectivity index (χ0n) is 12.4. The fourth-order valence-corrected chi connectivity index (χ4v) is 2.52. The average molecular weight is 308 g/mol. The molecule has 1 aromatic rings. The molecule has 0 atom stereocenters. The summed E-state index contributed by atoms with van der Waals surface area (Å²) >= 11 is 0. The standard InChI is InChI=1S/C16H21FN2O3/c17-13-9-11(5-6-14(13)22-12-3-1-4-12)19-15(20)18-10-16(21)7-2-8-16/h5-6,9,12,21H,1-4,7-8,10H2,(H2,18,19,20). The van der Waals surface area contributed by atoms with Crippen molar-refractivity contribution in [1.29, 1.82) is 0 Å². The predicted octanol–water partition coefficient (Wildman–Crippen LogP) is 2.79. The number of urea groups is 1. The van der Waals surface area contributed by atoms with Crippen molar-refractivity contribution in [2.24, 2.45) is 0 Å². The van der Waals surface area contributed by atoms with Gasteiger partial charge < -0.3 is 20.5 Å². The van der Waals surface area contributed by atoms with Crippen molar-refractivity contribution in [3.05, 3.63) is 24.0 Å². The molecule has 6 heteroatoms. The van der Waals surface area contributed by atoms with Crippen molar-refractivity contribution < 1.29 is 19.0 Å². The fourth-order valence-electron chi connectivity index (χ4n) is 2.52. The van der Waals surface area contributed by atoms with Crippen molar-refractivity contribution in [1.82, 2.24) is 5.32 Å². The first-order valence-corrected chi connectivity index (χ1v) is 7.78. The molecule has 1 aromatic carbocycles. The van der Waals surface area contributed by atoms with E-state index in [9.17, 15) is 14.3 Å². The van der Waals surface area contributed by atoms with Gasteiger partial charge in [-0.1, -0.05) is 0 Å². The van der Waals surface area contributed by atoms with Crippen molar-refractivity contribution >= 4 is 11.7 Å². The number of carbonyl (C=O) groups is 1. The summed E-state index contributed by atoms with van der Waals surface area (Å²) in [4.78, 5) is 11.7. The monoisotopic (exact) mass is 308 g/mol. The highest BCUT2D eigenvalue weighted by Gasteiger charge is 2.34. The van der Waals surface area contributed by atoms with Crippen LogP contribution in [0.1, 0.15) is 38.5 Å². The smallest absolute Gasteiger partial charge is 0.319 e. The van der Waals surface area contributed by atoms with Gasteiger partial charge in [0.2, 0.25) is 0 Å². The van der Waals surface area contributed by atoms with E-state index in [1.54, 1.807) is 6.07 Å². The minimum absolute atomic E-state index is 0.111. The summed E-state index contributed by atoms with van der Waals surface area (Å²) in [5.74, 6) is -0.262. The van der Waals surface area contributed by atoms with Crippen LogP contribution in [0.5, 0.6) is 5.75 Å². The molecule has 0 aromatic heterocycles. The van der Waals surface area contributed by atoms with Crippen LogP contribution < -0.4 is 15.4 Å². The first kappa shape index (κ1) is 15.1. The van der Waals surface area contributed by atoms with E-state index < -0.39 is 17.4 Å². The molecule has 3 rings (SSSR count). The largest absolute Gasteiger partial charge is 0.487 e. The molecule has 0 spiro atoms. The van der Waals surface area contributed by atoms with Gasteiger partial charge in [0.05, 0.1) is 11.7 Å². The fraction of sp³-hybridized carbons (Fsp3) is 0.562. The van der Waals surface area contributed by atoms with Crippen LogP contribution in [0.3, 0.4) is 0 Å². The Morgan fingerprint density at radius 3 is 2.68 bits per heavy atom. The van der Waals surface area contributed by atoms with E-state index in [-0.39, 0.29) is 18.4 Å². The highest BCUT2D eigenvalue weighted by atomic mass is 19.1. The summed E-state index contributed by atoms with van der Waals surface area (Å²) in [5.41, 5.74) is -0.417. The third kappa shape index (κ3) is 3.50. The number of nitrogens with one attached hydrogen (secondary N) is 2. The molecule has 2 aliphatic rings. The predicted molar refractivity (Wildman–Crippen MR) is 80.5 cm³/mol. The molecular formula is C16H21FN2O3. The number of benzene rings is 1. The quantitative estimate of drug-likeness (QED) is 0.783. The van der Waals surface area contributed by atoms with E-state index >= 15 is 0 Å². The van der Waals surface area contributed by atoms with Gasteiger partial charge in [0.15, 0.2) is 11.6 Å². The number of halogens is 1. The Kier molecular flexibility index (Phi) is 4.20. The Balaban J connectivity index is 1.51. The Bertz CT molecular complexity index is 556. The highest BCUT2D eigenvalue weighted by Crippen LogP contribution is 2.31. The van der Waals surface area contributed by atoms with Crippen molar-refractivity contribution in [2.75, 3.05) is 11.9 Å². The molecule has 0 aliphatic heterocycles. The molecule has 0 heterocycles. The second kappa shape index (κ2) is 6.12. The maximum absolute atomic E-state index is 13.9. The number of hydrogen-bond donors (Lipinski definition) is 3. The van der Waals surface area contributed by atoms with E-state index in [2.05, 4.69) is 10.6 Å². The Hall–Kier alpha value is -1.82. The van der Waals surface area contributed by atoms with Gasteiger partial charge in [0, 0.05) is 18.3 Å². The van der Waals surface area contributed by atoms with Gasteiger partial charge in [-0.15, -0.1) is 0 Å². The molecule has 5 nitrogen and oxygen atoms in total. The molecule has 2 amide bonds. The number of carbonyl (C=O) groups excluding carboxylic acids is 1. The minimum Gasteiger partial charge on any atom is -0.487 e. The zero-order chi connectivity index (χ0) is 15.6. The van der Waals surface area contributed by atoms with Crippen LogP contribution in [0.15, 0.2) is 18.2 Å².